The Bertz CT molecular complexity index is 83.1. The van der Waals surface area contributed by atoms with E-state index in [2.05, 4.69) is 0 Å². The maximum Gasteiger partial charge on any atom is 0.135 e. The van der Waals surface area contributed by atoms with E-state index in [0.717, 1.165) is 0 Å². The summed E-state index contributed by atoms with van der Waals surface area (Å²) in [5.74, 6) is -0.185. The van der Waals surface area contributed by atoms with Crippen molar-refractivity contribution in [3.8, 4) is 0 Å². The van der Waals surface area contributed by atoms with E-state index in [0.29, 0.717) is 0 Å². The third kappa shape index (κ3) is 5.40. The molecule has 0 saturated carbocycles. The van der Waals surface area contributed by atoms with E-state index < -0.39 is 13.3 Å². The van der Waals surface area contributed by atoms with E-state index in [1.807, 2.05) is 0 Å². The number of halogens is 2. The summed E-state index contributed by atoms with van der Waals surface area (Å²) in [6, 6.07) is 0. The summed E-state index contributed by atoms with van der Waals surface area (Å²) in [6.07, 6.45) is 0.360. The van der Waals surface area contributed by atoms with E-state index in [-0.39, 0.29) is 25.0 Å². The van der Waals surface area contributed by atoms with Crippen LogP contribution < -0.4 is 0 Å². The maximum absolute atomic E-state index is 11.4. The molecule has 0 aromatic rings. The van der Waals surface area contributed by atoms with Crippen molar-refractivity contribution in [3.63, 3.8) is 0 Å². The van der Waals surface area contributed by atoms with Gasteiger partial charge in [0, 0.05) is 12.8 Å². The van der Waals surface area contributed by atoms with Crippen LogP contribution in [0.15, 0.2) is 0 Å². The number of ketones is 1. The van der Waals surface area contributed by atoms with Crippen LogP contribution in [0.25, 0.3) is 0 Å². The highest BCUT2D eigenvalue weighted by Gasteiger charge is 1.99. The molecule has 0 bridgehead atoms. The van der Waals surface area contributed by atoms with Gasteiger partial charge in [0.05, 0.1) is 13.3 Å². The first-order valence-corrected chi connectivity index (χ1v) is 2.95. The van der Waals surface area contributed by atoms with Gasteiger partial charge in [-0.05, 0) is 6.42 Å². The second kappa shape index (κ2) is 5.66. The average Bonchev–Trinajstić information content (AvgIpc) is 1.85. The van der Waals surface area contributed by atoms with Crippen LogP contribution in [-0.4, -0.2) is 19.1 Å². The Labute approximate surface area is 53.1 Å². The van der Waals surface area contributed by atoms with Crippen LogP contribution >= 0.6 is 0 Å². The molecule has 0 aliphatic heterocycles. The largest absolute Gasteiger partial charge is 0.300 e. The molecule has 0 rings (SSSR count). The average molecular weight is 136 g/mol. The lowest BCUT2D eigenvalue weighted by molar-refractivity contribution is -0.119. The number of alkyl halides is 2. The van der Waals surface area contributed by atoms with Gasteiger partial charge in [-0.15, -0.1) is 0 Å². The van der Waals surface area contributed by atoms with Crippen LogP contribution in [0.1, 0.15) is 19.3 Å². The fourth-order valence-electron chi connectivity index (χ4n) is 0.494. The summed E-state index contributed by atoms with van der Waals surface area (Å²) in [7, 11) is 0. The van der Waals surface area contributed by atoms with Gasteiger partial charge in [-0.25, -0.2) is 0 Å². The van der Waals surface area contributed by atoms with Crippen molar-refractivity contribution in [1.29, 1.82) is 0 Å². The van der Waals surface area contributed by atoms with Crippen molar-refractivity contribution in [2.75, 3.05) is 13.3 Å². The SMILES string of the molecule is O=C(CCF)CCCF. The summed E-state index contributed by atoms with van der Waals surface area (Å²) < 4.78 is 22.7. The molecule has 54 valence electrons. The molecule has 0 atom stereocenters. The van der Waals surface area contributed by atoms with Crippen molar-refractivity contribution in [3.05, 3.63) is 0 Å². The molecular weight excluding hydrogens is 126 g/mol. The standard InChI is InChI=1S/C6H10F2O/c7-4-1-2-6(9)3-5-8/h1-5H2. The van der Waals surface area contributed by atoms with Crippen molar-refractivity contribution < 1.29 is 13.6 Å². The lowest BCUT2D eigenvalue weighted by atomic mass is 10.2. The molecule has 0 fully saturated rings. The molecule has 0 unspecified atom stereocenters. The molecular formula is C6H10F2O. The minimum absolute atomic E-state index is 0.0556. The number of Topliss-reactive ketones (excluding diaryl/α,β-unsaturated/α-hetero) is 1. The van der Waals surface area contributed by atoms with Crippen molar-refractivity contribution in [2.45, 2.75) is 19.3 Å². The topological polar surface area (TPSA) is 17.1 Å². The number of rotatable bonds is 5. The minimum atomic E-state index is -0.620. The number of carbonyl (C=O) groups is 1. The third-order valence-electron chi connectivity index (χ3n) is 0.963. The Kier molecular flexibility index (Phi) is 5.37. The van der Waals surface area contributed by atoms with Gasteiger partial charge in [0.2, 0.25) is 0 Å². The fourth-order valence-corrected chi connectivity index (χ4v) is 0.494. The van der Waals surface area contributed by atoms with Crippen LogP contribution in [-0.2, 0) is 4.79 Å². The summed E-state index contributed by atoms with van der Waals surface area (Å²) in [5.41, 5.74) is 0. The zero-order valence-electron chi connectivity index (χ0n) is 5.20. The predicted molar refractivity (Wildman–Crippen MR) is 30.8 cm³/mol. The van der Waals surface area contributed by atoms with Crippen molar-refractivity contribution >= 4 is 5.78 Å². The first-order chi connectivity index (χ1) is 4.31. The second-order valence-corrected chi connectivity index (χ2v) is 1.77. The summed E-state index contributed by atoms with van der Waals surface area (Å²) in [4.78, 5) is 10.4. The van der Waals surface area contributed by atoms with Gasteiger partial charge in [-0.2, -0.15) is 0 Å². The molecule has 1 nitrogen and oxygen atoms in total. The van der Waals surface area contributed by atoms with Crippen molar-refractivity contribution in [2.24, 2.45) is 0 Å². The Morgan fingerprint density at radius 1 is 1.11 bits per heavy atom. The molecule has 0 spiro atoms. The van der Waals surface area contributed by atoms with Gasteiger partial charge in [-0.1, -0.05) is 0 Å². The molecule has 0 aliphatic carbocycles. The molecule has 0 aromatic carbocycles. The lowest BCUT2D eigenvalue weighted by Gasteiger charge is -1.91. The Balaban J connectivity index is 3.06. The zero-order chi connectivity index (χ0) is 7.11. The highest BCUT2D eigenvalue weighted by atomic mass is 19.1. The van der Waals surface area contributed by atoms with E-state index in [1.54, 1.807) is 0 Å². The van der Waals surface area contributed by atoms with E-state index >= 15 is 0 Å². The third-order valence-corrected chi connectivity index (χ3v) is 0.963. The molecule has 0 amide bonds. The molecule has 0 saturated heterocycles. The highest BCUT2D eigenvalue weighted by molar-refractivity contribution is 5.78. The molecule has 0 N–H and O–H groups in total. The van der Waals surface area contributed by atoms with E-state index in [1.165, 1.54) is 0 Å². The second-order valence-electron chi connectivity index (χ2n) is 1.77. The summed E-state index contributed by atoms with van der Waals surface area (Å²) >= 11 is 0. The molecule has 3 heteroatoms. The van der Waals surface area contributed by atoms with Gasteiger partial charge in [-0.3, -0.25) is 13.6 Å². The lowest BCUT2D eigenvalue weighted by Crippen LogP contribution is -1.98. The molecule has 0 radical (unpaired) electrons. The van der Waals surface area contributed by atoms with Gasteiger partial charge >= 0.3 is 0 Å². The first kappa shape index (κ1) is 8.53. The molecule has 0 aliphatic rings. The first-order valence-electron chi connectivity index (χ1n) is 2.95. The molecule has 0 heterocycles. The Hall–Kier alpha value is -0.470. The maximum atomic E-state index is 11.4. The zero-order valence-corrected chi connectivity index (χ0v) is 5.20. The Morgan fingerprint density at radius 3 is 2.22 bits per heavy atom. The van der Waals surface area contributed by atoms with Crippen LogP contribution in [0.2, 0.25) is 0 Å². The fraction of sp³-hybridized carbons (Fsp3) is 0.833. The van der Waals surface area contributed by atoms with Gasteiger partial charge < -0.3 is 0 Å². The van der Waals surface area contributed by atoms with Crippen LogP contribution in [0, 0.1) is 0 Å². The molecule has 9 heavy (non-hydrogen) atoms. The van der Waals surface area contributed by atoms with E-state index in [4.69, 9.17) is 0 Å². The summed E-state index contributed by atoms with van der Waals surface area (Å²) in [5, 5.41) is 0. The number of hydrogen-bond acceptors (Lipinski definition) is 1. The normalized spacial score (nSPS) is 9.56. The summed E-state index contributed by atoms with van der Waals surface area (Å²) in [6.45, 7) is -1.11. The monoisotopic (exact) mass is 136 g/mol. The van der Waals surface area contributed by atoms with Gasteiger partial charge in [0.1, 0.15) is 5.78 Å². The van der Waals surface area contributed by atoms with Gasteiger partial charge in [0.15, 0.2) is 0 Å². The number of carbonyl (C=O) groups excluding carboxylic acids is 1. The highest BCUT2D eigenvalue weighted by Crippen LogP contribution is 1.95. The van der Waals surface area contributed by atoms with Crippen LogP contribution in [0.3, 0.4) is 0 Å². The minimum Gasteiger partial charge on any atom is -0.300 e. The van der Waals surface area contributed by atoms with Gasteiger partial charge in [0.25, 0.3) is 0 Å². The number of hydrogen-bond donors (Lipinski definition) is 0. The predicted octanol–water partition coefficient (Wildman–Crippen LogP) is 1.66. The smallest absolute Gasteiger partial charge is 0.135 e. The van der Waals surface area contributed by atoms with Crippen LogP contribution in [0.5, 0.6) is 0 Å². The molecule has 0 aromatic heterocycles. The van der Waals surface area contributed by atoms with E-state index in [9.17, 15) is 13.6 Å². The quantitative estimate of drug-likeness (QED) is 0.561. The van der Waals surface area contributed by atoms with Crippen molar-refractivity contribution in [1.82, 2.24) is 0 Å². The Morgan fingerprint density at radius 2 is 1.78 bits per heavy atom. The van der Waals surface area contributed by atoms with Crippen LogP contribution in [0.4, 0.5) is 8.78 Å².